The Bertz CT molecular complexity index is 137. The van der Waals surface area contributed by atoms with Crippen LogP contribution >= 0.6 is 0 Å². The summed E-state index contributed by atoms with van der Waals surface area (Å²) in [7, 11) is 0. The van der Waals surface area contributed by atoms with Gasteiger partial charge in [0, 0.05) is 11.5 Å². The molecule has 0 spiro atoms. The van der Waals surface area contributed by atoms with Gasteiger partial charge in [-0.1, -0.05) is 39.0 Å². The van der Waals surface area contributed by atoms with Crippen LogP contribution < -0.4 is 0 Å². The standard InChI is InChI=1S/C9H18O5/c1-2-3-4-5-6-7-8-9(10)12-14-13-11/h11H,2-8H2,1H3. The second-order valence-electron chi connectivity index (χ2n) is 3.12. The zero-order chi connectivity index (χ0) is 10.6. The van der Waals surface area contributed by atoms with E-state index in [2.05, 4.69) is 21.9 Å². The smallest absolute Gasteiger partial charge is 0.267 e. The largest absolute Gasteiger partial charge is 0.345 e. The molecule has 0 unspecified atom stereocenters. The van der Waals surface area contributed by atoms with E-state index in [1.54, 1.807) is 0 Å². The first-order chi connectivity index (χ1) is 6.81. The van der Waals surface area contributed by atoms with Crippen LogP contribution in [0.4, 0.5) is 0 Å². The number of unbranched alkanes of at least 4 members (excludes halogenated alkanes) is 5. The predicted octanol–water partition coefficient (Wildman–Crippen LogP) is 2.62. The molecule has 14 heavy (non-hydrogen) atoms. The van der Waals surface area contributed by atoms with Crippen LogP contribution in [0.1, 0.15) is 51.9 Å². The fourth-order valence-corrected chi connectivity index (χ4v) is 1.14. The molecular weight excluding hydrogens is 188 g/mol. The Morgan fingerprint density at radius 3 is 2.43 bits per heavy atom. The third kappa shape index (κ3) is 9.44. The molecule has 0 aliphatic carbocycles. The van der Waals surface area contributed by atoms with Crippen LogP contribution in [0.5, 0.6) is 0 Å². The Morgan fingerprint density at radius 2 is 1.79 bits per heavy atom. The first kappa shape index (κ1) is 13.4. The Balaban J connectivity index is 3.07. The summed E-state index contributed by atoms with van der Waals surface area (Å²) < 4.78 is 0. The summed E-state index contributed by atoms with van der Waals surface area (Å²) in [5, 5.41) is 14.4. The normalized spacial score (nSPS) is 10.1. The molecule has 0 aliphatic rings. The van der Waals surface area contributed by atoms with Crippen molar-refractivity contribution in [2.24, 2.45) is 0 Å². The van der Waals surface area contributed by atoms with Gasteiger partial charge in [-0.25, -0.2) is 10.1 Å². The van der Waals surface area contributed by atoms with E-state index in [-0.39, 0.29) is 6.42 Å². The van der Waals surface area contributed by atoms with E-state index in [1.165, 1.54) is 19.3 Å². The van der Waals surface area contributed by atoms with Gasteiger partial charge in [-0.15, -0.1) is 0 Å². The van der Waals surface area contributed by atoms with Crippen LogP contribution in [0.15, 0.2) is 0 Å². The molecule has 0 radical (unpaired) electrons. The molecule has 84 valence electrons. The zero-order valence-electron chi connectivity index (χ0n) is 8.53. The van der Waals surface area contributed by atoms with Crippen molar-refractivity contribution in [3.05, 3.63) is 0 Å². The van der Waals surface area contributed by atoms with E-state index in [9.17, 15) is 4.79 Å². The molecule has 0 aromatic heterocycles. The topological polar surface area (TPSA) is 65.0 Å². The Hall–Kier alpha value is -0.650. The number of carbonyl (C=O) groups is 1. The summed E-state index contributed by atoms with van der Waals surface area (Å²) in [4.78, 5) is 14.8. The van der Waals surface area contributed by atoms with Crippen molar-refractivity contribution in [3.8, 4) is 0 Å². The Morgan fingerprint density at radius 1 is 1.14 bits per heavy atom. The average molecular weight is 206 g/mol. The van der Waals surface area contributed by atoms with E-state index in [1.807, 2.05) is 0 Å². The lowest BCUT2D eigenvalue weighted by Crippen LogP contribution is -2.04. The molecule has 0 rings (SSSR count). The van der Waals surface area contributed by atoms with E-state index >= 15 is 0 Å². The highest BCUT2D eigenvalue weighted by molar-refractivity contribution is 5.68. The minimum atomic E-state index is -0.533. The van der Waals surface area contributed by atoms with Crippen LogP contribution in [0.2, 0.25) is 0 Å². The van der Waals surface area contributed by atoms with Crippen molar-refractivity contribution in [2.75, 3.05) is 0 Å². The average Bonchev–Trinajstić information content (AvgIpc) is 2.20. The van der Waals surface area contributed by atoms with Crippen molar-refractivity contribution in [2.45, 2.75) is 51.9 Å². The van der Waals surface area contributed by atoms with E-state index in [0.29, 0.717) is 0 Å². The summed E-state index contributed by atoms with van der Waals surface area (Å²) in [6, 6.07) is 0. The van der Waals surface area contributed by atoms with Crippen LogP contribution in [0.25, 0.3) is 0 Å². The third-order valence-corrected chi connectivity index (χ3v) is 1.89. The summed E-state index contributed by atoms with van der Waals surface area (Å²) >= 11 is 0. The highest BCUT2D eigenvalue weighted by atomic mass is 17.6. The fourth-order valence-electron chi connectivity index (χ4n) is 1.14. The molecule has 0 fully saturated rings. The predicted molar refractivity (Wildman–Crippen MR) is 48.9 cm³/mol. The minimum Gasteiger partial charge on any atom is -0.267 e. The first-order valence-corrected chi connectivity index (χ1v) is 4.98. The summed E-state index contributed by atoms with van der Waals surface area (Å²) in [6.07, 6.45) is 6.87. The third-order valence-electron chi connectivity index (χ3n) is 1.89. The Labute approximate surface area is 83.7 Å². The maximum absolute atomic E-state index is 10.8. The van der Waals surface area contributed by atoms with Crippen molar-refractivity contribution in [3.63, 3.8) is 0 Å². The van der Waals surface area contributed by atoms with Gasteiger partial charge in [0.05, 0.1) is 0 Å². The van der Waals surface area contributed by atoms with Crippen LogP contribution in [0, 0.1) is 0 Å². The molecule has 0 saturated carbocycles. The summed E-state index contributed by atoms with van der Waals surface area (Å²) in [5.74, 6) is -0.533. The Kier molecular flexibility index (Phi) is 9.95. The van der Waals surface area contributed by atoms with Gasteiger partial charge in [0.15, 0.2) is 0 Å². The molecule has 0 atom stereocenters. The number of rotatable bonds is 9. The van der Waals surface area contributed by atoms with Gasteiger partial charge in [0.25, 0.3) is 0 Å². The number of hydrogen-bond acceptors (Lipinski definition) is 5. The van der Waals surface area contributed by atoms with Gasteiger partial charge >= 0.3 is 5.97 Å². The molecule has 0 saturated heterocycles. The molecule has 1 N–H and O–H groups in total. The summed E-state index contributed by atoms with van der Waals surface area (Å²) in [5.41, 5.74) is 0. The monoisotopic (exact) mass is 206 g/mol. The van der Waals surface area contributed by atoms with Crippen molar-refractivity contribution < 1.29 is 25.0 Å². The van der Waals surface area contributed by atoms with Gasteiger partial charge in [-0.3, -0.25) is 4.89 Å². The zero-order valence-corrected chi connectivity index (χ0v) is 8.53. The molecule has 0 aromatic carbocycles. The molecule has 0 heterocycles. The van der Waals surface area contributed by atoms with Gasteiger partial charge in [0.1, 0.15) is 0 Å². The SMILES string of the molecule is CCCCCCCCC(=O)OOOO. The highest BCUT2D eigenvalue weighted by Crippen LogP contribution is 2.07. The summed E-state index contributed by atoms with van der Waals surface area (Å²) in [6.45, 7) is 2.16. The van der Waals surface area contributed by atoms with Crippen LogP contribution in [-0.2, 0) is 19.8 Å². The molecule has 0 aliphatic heterocycles. The maximum Gasteiger partial charge on any atom is 0.345 e. The van der Waals surface area contributed by atoms with Gasteiger partial charge in [-0.2, -0.15) is 0 Å². The second kappa shape index (κ2) is 10.4. The number of hydrogen-bond donors (Lipinski definition) is 1. The lowest BCUT2D eigenvalue weighted by Gasteiger charge is -1.99. The molecular formula is C9H18O5. The quantitative estimate of drug-likeness (QED) is 0.357. The molecule has 0 amide bonds. The minimum absolute atomic E-state index is 0.287. The molecule has 5 nitrogen and oxygen atoms in total. The lowest BCUT2D eigenvalue weighted by atomic mass is 10.1. The number of carbonyl (C=O) groups excluding carboxylic acids is 1. The molecule has 0 aromatic rings. The molecule has 0 bridgehead atoms. The lowest BCUT2D eigenvalue weighted by molar-refractivity contribution is -0.605. The van der Waals surface area contributed by atoms with Gasteiger partial charge in [0.2, 0.25) is 0 Å². The van der Waals surface area contributed by atoms with Crippen molar-refractivity contribution >= 4 is 5.97 Å². The van der Waals surface area contributed by atoms with Crippen molar-refractivity contribution in [1.29, 1.82) is 0 Å². The fraction of sp³-hybridized carbons (Fsp3) is 0.889. The highest BCUT2D eigenvalue weighted by Gasteiger charge is 2.03. The van der Waals surface area contributed by atoms with E-state index in [4.69, 9.17) is 5.26 Å². The van der Waals surface area contributed by atoms with Crippen LogP contribution in [-0.4, -0.2) is 11.2 Å². The first-order valence-electron chi connectivity index (χ1n) is 4.98. The van der Waals surface area contributed by atoms with Crippen LogP contribution in [0.3, 0.4) is 0 Å². The van der Waals surface area contributed by atoms with E-state index < -0.39 is 5.97 Å². The maximum atomic E-state index is 10.8. The van der Waals surface area contributed by atoms with E-state index in [0.717, 1.165) is 19.3 Å². The second-order valence-corrected chi connectivity index (χ2v) is 3.12. The van der Waals surface area contributed by atoms with Gasteiger partial charge in [-0.05, 0) is 11.5 Å². The molecule has 5 heteroatoms. The van der Waals surface area contributed by atoms with Crippen molar-refractivity contribution in [1.82, 2.24) is 0 Å². The van der Waals surface area contributed by atoms with Gasteiger partial charge < -0.3 is 0 Å².